The molecule has 2 aromatic rings. The highest BCUT2D eigenvalue weighted by Gasteiger charge is 2.32. The van der Waals surface area contributed by atoms with Crippen LogP contribution >= 0.6 is 35.6 Å². The van der Waals surface area contributed by atoms with E-state index in [-0.39, 0.29) is 24.8 Å². The monoisotopic (exact) mass is 434 g/mol. The molecule has 1 saturated heterocycles. The van der Waals surface area contributed by atoms with Crippen molar-refractivity contribution in [3.8, 4) is 0 Å². The van der Waals surface area contributed by atoms with Gasteiger partial charge in [0.2, 0.25) is 5.91 Å². The first-order valence-corrected chi connectivity index (χ1v) is 10.4. The first-order chi connectivity index (χ1) is 13.5. The van der Waals surface area contributed by atoms with Crippen molar-refractivity contribution in [1.82, 2.24) is 19.8 Å². The summed E-state index contributed by atoms with van der Waals surface area (Å²) in [5.41, 5.74) is 0.764. The summed E-state index contributed by atoms with van der Waals surface area (Å²) in [5.74, 6) is -0.294. The molecule has 0 bridgehead atoms. The summed E-state index contributed by atoms with van der Waals surface area (Å²) in [6.07, 6.45) is 8.10. The Morgan fingerprint density at radius 3 is 2.89 bits per heavy atom. The molecule has 0 atom stereocenters. The number of carbonyl (C=O) groups excluding carboxylic acids is 2. The summed E-state index contributed by atoms with van der Waals surface area (Å²) in [5, 5.41) is 3.44. The summed E-state index contributed by atoms with van der Waals surface area (Å²) in [6.45, 7) is 1.63. The van der Waals surface area contributed by atoms with E-state index in [4.69, 9.17) is 23.8 Å². The van der Waals surface area contributed by atoms with Crippen molar-refractivity contribution in [1.29, 1.82) is 0 Å². The first-order valence-electron chi connectivity index (χ1n) is 8.77. The molecule has 0 spiro atoms. The van der Waals surface area contributed by atoms with Crippen LogP contribution in [0, 0.1) is 0 Å². The molecule has 1 N–H and O–H groups in total. The highest BCUT2D eigenvalue weighted by molar-refractivity contribution is 8.26. The van der Waals surface area contributed by atoms with Gasteiger partial charge in [0.1, 0.15) is 4.32 Å². The van der Waals surface area contributed by atoms with Crippen LogP contribution in [-0.4, -0.2) is 43.7 Å². The first kappa shape index (κ1) is 20.6. The number of benzene rings is 1. The van der Waals surface area contributed by atoms with Crippen LogP contribution in [0.3, 0.4) is 0 Å². The van der Waals surface area contributed by atoms with E-state index in [0.717, 1.165) is 18.5 Å². The van der Waals surface area contributed by atoms with Crippen molar-refractivity contribution in [2.45, 2.75) is 19.4 Å². The molecule has 1 aliphatic rings. The van der Waals surface area contributed by atoms with Gasteiger partial charge in [-0.3, -0.25) is 14.5 Å². The van der Waals surface area contributed by atoms with Gasteiger partial charge in [0.15, 0.2) is 0 Å². The molecule has 1 fully saturated rings. The van der Waals surface area contributed by atoms with Gasteiger partial charge in [0, 0.05) is 43.5 Å². The molecule has 1 aromatic heterocycles. The van der Waals surface area contributed by atoms with Crippen molar-refractivity contribution in [3.63, 3.8) is 0 Å². The number of halogens is 1. The number of carbonyl (C=O) groups is 2. The van der Waals surface area contributed by atoms with Gasteiger partial charge in [-0.25, -0.2) is 4.98 Å². The van der Waals surface area contributed by atoms with E-state index in [1.807, 2.05) is 29.0 Å². The van der Waals surface area contributed by atoms with Crippen LogP contribution < -0.4 is 5.32 Å². The third-order valence-corrected chi connectivity index (χ3v) is 5.82. The van der Waals surface area contributed by atoms with Crippen LogP contribution in [0.15, 0.2) is 47.9 Å². The zero-order valence-corrected chi connectivity index (χ0v) is 17.4. The summed E-state index contributed by atoms with van der Waals surface area (Å²) in [6, 6.07) is 7.30. The van der Waals surface area contributed by atoms with Gasteiger partial charge >= 0.3 is 0 Å². The quantitative estimate of drug-likeness (QED) is 0.392. The molecule has 6 nitrogen and oxygen atoms in total. The molecule has 3 rings (SSSR count). The largest absolute Gasteiger partial charge is 0.356 e. The van der Waals surface area contributed by atoms with E-state index in [9.17, 15) is 9.59 Å². The number of hydrogen-bond donors (Lipinski definition) is 1. The van der Waals surface area contributed by atoms with Crippen molar-refractivity contribution in [2.24, 2.45) is 0 Å². The van der Waals surface area contributed by atoms with Crippen molar-refractivity contribution < 1.29 is 9.59 Å². The minimum absolute atomic E-state index is 0.102. The number of rotatable bonds is 8. The van der Waals surface area contributed by atoms with Crippen LogP contribution in [0.25, 0.3) is 6.08 Å². The maximum atomic E-state index is 12.6. The number of thiocarbonyl (C=S) groups is 1. The molecule has 0 radical (unpaired) electrons. The molecular weight excluding hydrogens is 416 g/mol. The van der Waals surface area contributed by atoms with E-state index in [1.165, 1.54) is 16.7 Å². The lowest BCUT2D eigenvalue weighted by Gasteiger charge is -2.14. The molecule has 1 aliphatic heterocycles. The lowest BCUT2D eigenvalue weighted by atomic mass is 10.2. The lowest BCUT2D eigenvalue weighted by molar-refractivity contribution is -0.123. The minimum atomic E-state index is -0.192. The Labute approximate surface area is 177 Å². The van der Waals surface area contributed by atoms with Gasteiger partial charge < -0.3 is 9.88 Å². The number of imidazole rings is 1. The van der Waals surface area contributed by atoms with Crippen LogP contribution in [0.4, 0.5) is 0 Å². The van der Waals surface area contributed by atoms with Crippen LogP contribution in [-0.2, 0) is 16.1 Å². The number of aryl methyl sites for hydroxylation is 1. The normalized spacial score (nSPS) is 15.5. The summed E-state index contributed by atoms with van der Waals surface area (Å²) >= 11 is 12.7. The summed E-state index contributed by atoms with van der Waals surface area (Å²) in [7, 11) is 0. The Bertz CT molecular complexity index is 899. The molecular formula is C19H19ClN4O2S2. The van der Waals surface area contributed by atoms with Crippen molar-refractivity contribution in [2.75, 3.05) is 13.1 Å². The molecule has 146 valence electrons. The molecule has 28 heavy (non-hydrogen) atoms. The van der Waals surface area contributed by atoms with E-state index < -0.39 is 0 Å². The number of aromatic nitrogens is 2. The number of nitrogens with zero attached hydrogens (tertiary/aromatic N) is 3. The van der Waals surface area contributed by atoms with Crippen molar-refractivity contribution >= 4 is 57.8 Å². The predicted octanol–water partition coefficient (Wildman–Crippen LogP) is 3.33. The number of nitrogens with one attached hydrogen (secondary N) is 1. The smallest absolute Gasteiger partial charge is 0.266 e. The fourth-order valence-corrected chi connectivity index (χ4v) is 4.13. The topological polar surface area (TPSA) is 67.2 Å². The second-order valence-electron chi connectivity index (χ2n) is 6.11. The molecule has 2 heterocycles. The summed E-state index contributed by atoms with van der Waals surface area (Å²) < 4.78 is 2.41. The van der Waals surface area contributed by atoms with Gasteiger partial charge in [0.25, 0.3) is 5.91 Å². The molecule has 9 heteroatoms. The third-order valence-electron chi connectivity index (χ3n) is 4.10. The van der Waals surface area contributed by atoms with Crippen LogP contribution in [0.5, 0.6) is 0 Å². The fraction of sp³-hybridized carbons (Fsp3) is 0.263. The van der Waals surface area contributed by atoms with E-state index in [0.29, 0.717) is 20.8 Å². The van der Waals surface area contributed by atoms with E-state index in [2.05, 4.69) is 10.3 Å². The minimum Gasteiger partial charge on any atom is -0.356 e. The third kappa shape index (κ3) is 5.43. The Hall–Kier alpha value is -2.16. The number of thioether (sulfide) groups is 1. The fourth-order valence-electron chi connectivity index (χ4n) is 2.64. The predicted molar refractivity (Wildman–Crippen MR) is 116 cm³/mol. The zero-order chi connectivity index (χ0) is 19.9. The average molecular weight is 435 g/mol. The average Bonchev–Trinajstić information content (AvgIpc) is 3.28. The van der Waals surface area contributed by atoms with Gasteiger partial charge in [0.05, 0.1) is 11.2 Å². The van der Waals surface area contributed by atoms with Crippen molar-refractivity contribution in [3.05, 3.63) is 58.5 Å². The van der Waals surface area contributed by atoms with Gasteiger partial charge in [-0.05, 0) is 24.1 Å². The maximum absolute atomic E-state index is 12.6. The second kappa shape index (κ2) is 9.86. The Kier molecular flexibility index (Phi) is 7.24. The van der Waals surface area contributed by atoms with E-state index >= 15 is 0 Å². The molecule has 1 aromatic carbocycles. The van der Waals surface area contributed by atoms with Crippen LogP contribution in [0.2, 0.25) is 5.02 Å². The highest BCUT2D eigenvalue weighted by atomic mass is 35.5. The van der Waals surface area contributed by atoms with E-state index in [1.54, 1.807) is 24.7 Å². The summed E-state index contributed by atoms with van der Waals surface area (Å²) in [4.78, 5) is 30.6. The van der Waals surface area contributed by atoms with Gasteiger partial charge in [-0.15, -0.1) is 0 Å². The Morgan fingerprint density at radius 1 is 1.32 bits per heavy atom. The Morgan fingerprint density at radius 2 is 2.14 bits per heavy atom. The SMILES string of the molecule is O=C(CCN1C(=O)/C(=C\c2ccccc2Cl)SC1=S)NCCCn1ccnc1. The molecule has 2 amide bonds. The van der Waals surface area contributed by atoms with Gasteiger partial charge in [-0.2, -0.15) is 0 Å². The highest BCUT2D eigenvalue weighted by Crippen LogP contribution is 2.33. The number of hydrogen-bond acceptors (Lipinski definition) is 5. The zero-order valence-electron chi connectivity index (χ0n) is 15.0. The molecule has 0 aliphatic carbocycles. The van der Waals surface area contributed by atoms with Crippen LogP contribution in [0.1, 0.15) is 18.4 Å². The standard InChI is InChI=1S/C19H19ClN4O2S2/c20-15-5-2-1-4-14(15)12-16-18(26)24(19(27)28-16)10-6-17(25)22-7-3-9-23-11-8-21-13-23/h1-2,4-5,8,11-13H,3,6-7,9-10H2,(H,22,25)/b16-12+. The molecule has 0 unspecified atom stereocenters. The maximum Gasteiger partial charge on any atom is 0.266 e. The lowest BCUT2D eigenvalue weighted by Crippen LogP contribution is -2.34. The second-order valence-corrected chi connectivity index (χ2v) is 8.19. The Balaban J connectivity index is 1.46. The van der Waals surface area contributed by atoms with Gasteiger partial charge in [-0.1, -0.05) is 53.8 Å². The molecule has 0 saturated carbocycles. The number of amides is 2.